The summed E-state index contributed by atoms with van der Waals surface area (Å²) in [5.41, 5.74) is 6.36. The van der Waals surface area contributed by atoms with Crippen LogP contribution in [0.5, 0.6) is 11.5 Å². The third-order valence-electron chi connectivity index (χ3n) is 5.66. The van der Waals surface area contributed by atoms with Gasteiger partial charge in [0, 0.05) is 37.1 Å². The van der Waals surface area contributed by atoms with Gasteiger partial charge in [-0.3, -0.25) is 35.2 Å². The summed E-state index contributed by atoms with van der Waals surface area (Å²) in [6.07, 6.45) is 0. The maximum atomic E-state index is 12.9. The first-order valence-electron chi connectivity index (χ1n) is 10.8. The molecule has 178 valence electrons. The van der Waals surface area contributed by atoms with Gasteiger partial charge in [-0.25, -0.2) is 0 Å². The summed E-state index contributed by atoms with van der Waals surface area (Å²) in [6, 6.07) is 12.2. The molecule has 0 aliphatic carbocycles. The van der Waals surface area contributed by atoms with E-state index in [0.29, 0.717) is 48.9 Å². The quantitative estimate of drug-likeness (QED) is 0.458. The first-order chi connectivity index (χ1) is 16.5. The molecule has 2 heterocycles. The summed E-state index contributed by atoms with van der Waals surface area (Å²) in [5, 5.41) is 7.85. The van der Waals surface area contributed by atoms with E-state index in [4.69, 9.17) is 9.47 Å². The van der Waals surface area contributed by atoms with Crippen molar-refractivity contribution in [1.29, 1.82) is 0 Å². The second-order valence-corrected chi connectivity index (χ2v) is 7.76. The number of benzene rings is 2. The number of fused-ring (bicyclic) bond motifs is 1. The van der Waals surface area contributed by atoms with Gasteiger partial charge in [-0.2, -0.15) is 5.10 Å². The van der Waals surface area contributed by atoms with E-state index in [-0.39, 0.29) is 18.4 Å². The van der Waals surface area contributed by atoms with E-state index in [0.717, 1.165) is 10.9 Å². The Morgan fingerprint density at radius 1 is 0.971 bits per heavy atom. The molecule has 0 atom stereocenters. The molecule has 11 nitrogen and oxygen atoms in total. The monoisotopic (exact) mass is 466 g/mol. The van der Waals surface area contributed by atoms with Gasteiger partial charge >= 0.3 is 0 Å². The van der Waals surface area contributed by atoms with Crippen LogP contribution in [-0.4, -0.2) is 84.7 Å². The highest BCUT2D eigenvalue weighted by Gasteiger charge is 2.26. The zero-order chi connectivity index (χ0) is 24.1. The normalized spacial score (nSPS) is 14.0. The van der Waals surface area contributed by atoms with E-state index in [9.17, 15) is 14.4 Å². The number of methoxy groups -OCH3 is 2. The molecule has 1 aromatic heterocycles. The van der Waals surface area contributed by atoms with Crippen LogP contribution in [-0.2, 0) is 4.79 Å². The molecule has 0 bridgehead atoms. The smallest absolute Gasteiger partial charge is 0.275 e. The summed E-state index contributed by atoms with van der Waals surface area (Å²) >= 11 is 0. The number of hydrazine groups is 1. The van der Waals surface area contributed by atoms with Crippen molar-refractivity contribution in [2.45, 2.75) is 0 Å². The number of carbonyl (C=O) groups excluding carboxylic acids is 3. The van der Waals surface area contributed by atoms with Gasteiger partial charge in [0.2, 0.25) is 0 Å². The number of piperazine rings is 1. The Morgan fingerprint density at radius 2 is 1.71 bits per heavy atom. The Labute approximate surface area is 196 Å². The van der Waals surface area contributed by atoms with Gasteiger partial charge in [-0.05, 0) is 24.3 Å². The minimum absolute atomic E-state index is 0.0968. The van der Waals surface area contributed by atoms with Crippen LogP contribution in [0.1, 0.15) is 20.8 Å². The highest BCUT2D eigenvalue weighted by Crippen LogP contribution is 2.27. The Hall–Kier alpha value is -4.12. The first-order valence-corrected chi connectivity index (χ1v) is 10.8. The Bertz CT molecular complexity index is 1200. The molecule has 2 aromatic carbocycles. The number of nitrogens with zero attached hydrogens (tertiary/aromatic N) is 3. The molecule has 34 heavy (non-hydrogen) atoms. The van der Waals surface area contributed by atoms with Gasteiger partial charge in [-0.1, -0.05) is 18.2 Å². The third kappa shape index (κ3) is 4.94. The first kappa shape index (κ1) is 23.1. The number of hydrogen-bond acceptors (Lipinski definition) is 7. The van der Waals surface area contributed by atoms with Crippen LogP contribution in [0.4, 0.5) is 0 Å². The summed E-state index contributed by atoms with van der Waals surface area (Å²) in [5.74, 6) is -0.0514. The zero-order valence-electron chi connectivity index (χ0n) is 19.0. The van der Waals surface area contributed by atoms with Crippen LogP contribution in [0, 0.1) is 0 Å². The molecule has 3 amide bonds. The van der Waals surface area contributed by atoms with Crippen molar-refractivity contribution >= 4 is 28.6 Å². The zero-order valence-corrected chi connectivity index (χ0v) is 19.0. The van der Waals surface area contributed by atoms with Crippen LogP contribution in [0.3, 0.4) is 0 Å². The SMILES string of the molecule is COc1ccc(C(=O)NNC(=O)CN2CCN(C(=O)c3n[nH]c4ccccc34)CC2)cc1OC. The second kappa shape index (κ2) is 10.2. The fourth-order valence-electron chi connectivity index (χ4n) is 3.80. The molecular formula is C23H26N6O5. The maximum absolute atomic E-state index is 12.9. The lowest BCUT2D eigenvalue weighted by Crippen LogP contribution is -2.53. The molecule has 1 aliphatic rings. The summed E-state index contributed by atoms with van der Waals surface area (Å²) in [4.78, 5) is 41.2. The largest absolute Gasteiger partial charge is 0.493 e. The number of ether oxygens (including phenoxy) is 2. The van der Waals surface area contributed by atoms with Crippen LogP contribution in [0.25, 0.3) is 10.9 Å². The minimum Gasteiger partial charge on any atom is -0.493 e. The second-order valence-electron chi connectivity index (χ2n) is 7.76. The molecule has 1 fully saturated rings. The van der Waals surface area contributed by atoms with Gasteiger partial charge in [-0.15, -0.1) is 0 Å². The van der Waals surface area contributed by atoms with E-state index >= 15 is 0 Å². The van der Waals surface area contributed by atoms with Crippen molar-refractivity contribution in [3.8, 4) is 11.5 Å². The van der Waals surface area contributed by atoms with E-state index < -0.39 is 5.91 Å². The molecule has 0 unspecified atom stereocenters. The fraction of sp³-hybridized carbons (Fsp3) is 0.304. The van der Waals surface area contributed by atoms with Crippen LogP contribution < -0.4 is 20.3 Å². The average molecular weight is 466 g/mol. The van der Waals surface area contributed by atoms with Crippen molar-refractivity contribution in [3.05, 3.63) is 53.7 Å². The van der Waals surface area contributed by atoms with E-state index in [1.165, 1.54) is 20.3 Å². The van der Waals surface area contributed by atoms with E-state index in [2.05, 4.69) is 21.0 Å². The summed E-state index contributed by atoms with van der Waals surface area (Å²) in [7, 11) is 2.98. The molecule has 0 saturated carbocycles. The Morgan fingerprint density at radius 3 is 2.44 bits per heavy atom. The molecule has 0 radical (unpaired) electrons. The van der Waals surface area contributed by atoms with E-state index in [1.54, 1.807) is 17.0 Å². The Kier molecular flexibility index (Phi) is 6.93. The number of H-pyrrole nitrogens is 1. The molecule has 1 saturated heterocycles. The maximum Gasteiger partial charge on any atom is 0.275 e. The predicted octanol–water partition coefficient (Wildman–Crippen LogP) is 0.799. The number of amides is 3. The van der Waals surface area contributed by atoms with Crippen molar-refractivity contribution in [3.63, 3.8) is 0 Å². The van der Waals surface area contributed by atoms with Crippen LogP contribution >= 0.6 is 0 Å². The lowest BCUT2D eigenvalue weighted by Gasteiger charge is -2.34. The van der Waals surface area contributed by atoms with Crippen molar-refractivity contribution in [2.75, 3.05) is 46.9 Å². The third-order valence-corrected chi connectivity index (χ3v) is 5.66. The number of nitrogens with one attached hydrogen (secondary N) is 3. The van der Waals surface area contributed by atoms with Crippen molar-refractivity contribution in [1.82, 2.24) is 30.8 Å². The van der Waals surface area contributed by atoms with Crippen LogP contribution in [0.15, 0.2) is 42.5 Å². The average Bonchev–Trinajstić information content (AvgIpc) is 3.31. The highest BCUT2D eigenvalue weighted by molar-refractivity contribution is 6.04. The van der Waals surface area contributed by atoms with Gasteiger partial charge in [0.05, 0.1) is 26.3 Å². The number of hydrogen-bond donors (Lipinski definition) is 3. The van der Waals surface area contributed by atoms with Crippen molar-refractivity contribution in [2.24, 2.45) is 0 Å². The lowest BCUT2D eigenvalue weighted by molar-refractivity contribution is -0.123. The van der Waals surface area contributed by atoms with Crippen LogP contribution in [0.2, 0.25) is 0 Å². The van der Waals surface area contributed by atoms with Gasteiger partial charge in [0.25, 0.3) is 17.7 Å². The molecule has 1 aliphatic heterocycles. The molecule has 0 spiro atoms. The van der Waals surface area contributed by atoms with Gasteiger partial charge in [0.15, 0.2) is 17.2 Å². The number of para-hydroxylation sites is 1. The standard InChI is InChI=1S/C23H26N6O5/c1-33-18-8-7-15(13-19(18)34-2)22(31)27-25-20(30)14-28-9-11-29(12-10-28)23(32)21-16-5-3-4-6-17(16)24-26-21/h3-8,13H,9-12,14H2,1-2H3,(H,24,26)(H,25,30)(H,27,31). The fourth-order valence-corrected chi connectivity index (χ4v) is 3.80. The minimum atomic E-state index is -0.476. The Balaban J connectivity index is 1.24. The molecule has 3 N–H and O–H groups in total. The number of aromatic amines is 1. The molecule has 4 rings (SSSR count). The lowest BCUT2D eigenvalue weighted by atomic mass is 10.2. The van der Waals surface area contributed by atoms with E-state index in [1.807, 2.05) is 29.2 Å². The summed E-state index contributed by atoms with van der Waals surface area (Å²) in [6.45, 7) is 2.12. The van der Waals surface area contributed by atoms with Gasteiger partial charge in [0.1, 0.15) is 0 Å². The number of rotatable bonds is 6. The molecular weight excluding hydrogens is 440 g/mol. The molecule has 11 heteroatoms. The van der Waals surface area contributed by atoms with Gasteiger partial charge < -0.3 is 14.4 Å². The molecule has 3 aromatic rings. The summed E-state index contributed by atoms with van der Waals surface area (Å²) < 4.78 is 10.3. The highest BCUT2D eigenvalue weighted by atomic mass is 16.5. The topological polar surface area (TPSA) is 129 Å². The number of carbonyl (C=O) groups is 3. The predicted molar refractivity (Wildman–Crippen MR) is 124 cm³/mol. The number of aromatic nitrogens is 2. The van der Waals surface area contributed by atoms with Crippen molar-refractivity contribution < 1.29 is 23.9 Å².